The molecule has 0 bridgehead atoms. The monoisotopic (exact) mass is 562 g/mol. The van der Waals surface area contributed by atoms with Crippen LogP contribution in [0.1, 0.15) is 33.9 Å². The van der Waals surface area contributed by atoms with E-state index in [4.69, 9.17) is 15.2 Å². The van der Waals surface area contributed by atoms with E-state index in [9.17, 15) is 27.2 Å². The molecule has 212 valence electrons. The lowest BCUT2D eigenvalue weighted by molar-refractivity contribution is -0.125. The van der Waals surface area contributed by atoms with Crippen molar-refractivity contribution in [2.45, 2.75) is 24.9 Å². The van der Waals surface area contributed by atoms with Crippen LogP contribution in [0, 0.1) is 23.5 Å². The molecule has 2 aliphatic heterocycles. The fourth-order valence-electron chi connectivity index (χ4n) is 4.59. The van der Waals surface area contributed by atoms with E-state index in [1.54, 1.807) is 9.91 Å². The Morgan fingerprint density at radius 2 is 1.98 bits per heavy atom. The van der Waals surface area contributed by atoms with Gasteiger partial charge >= 0.3 is 0 Å². The number of amides is 2. The van der Waals surface area contributed by atoms with E-state index in [1.807, 2.05) is 0 Å². The number of alkyl halides is 2. The van der Waals surface area contributed by atoms with E-state index in [1.165, 1.54) is 20.3 Å². The van der Waals surface area contributed by atoms with E-state index in [0.717, 1.165) is 12.3 Å². The Morgan fingerprint density at radius 1 is 1.30 bits per heavy atom. The highest BCUT2D eigenvalue weighted by atomic mass is 19.3. The first kappa shape index (κ1) is 28.5. The van der Waals surface area contributed by atoms with Crippen LogP contribution in [0.2, 0.25) is 0 Å². The maximum atomic E-state index is 14.9. The van der Waals surface area contributed by atoms with Gasteiger partial charge in [-0.3, -0.25) is 9.59 Å². The zero-order valence-corrected chi connectivity index (χ0v) is 21.6. The van der Waals surface area contributed by atoms with E-state index >= 15 is 0 Å². The van der Waals surface area contributed by atoms with Gasteiger partial charge in [-0.1, -0.05) is 18.4 Å². The SMILES string of the molecule is C=CC(=O)N1CCC(N2N[C@@H](C#Cc3c(F)c(OC)cc(OC)c3F)c3c(N)ncc(C(=O)NCC(F)F)c32)C1. The third-order valence-corrected chi connectivity index (χ3v) is 6.51. The van der Waals surface area contributed by atoms with Crippen LogP contribution in [0.15, 0.2) is 24.9 Å². The van der Waals surface area contributed by atoms with Crippen molar-refractivity contribution in [3.63, 3.8) is 0 Å². The molecule has 1 fully saturated rings. The van der Waals surface area contributed by atoms with Gasteiger partial charge in [-0.2, -0.15) is 0 Å². The van der Waals surface area contributed by atoms with Crippen molar-refractivity contribution in [3.05, 3.63) is 53.2 Å². The van der Waals surface area contributed by atoms with Crippen LogP contribution in [0.3, 0.4) is 0 Å². The lowest BCUT2D eigenvalue weighted by atomic mass is 10.0. The summed E-state index contributed by atoms with van der Waals surface area (Å²) in [4.78, 5) is 30.7. The predicted octanol–water partition coefficient (Wildman–Crippen LogP) is 2.16. The molecule has 10 nitrogen and oxygen atoms in total. The van der Waals surface area contributed by atoms with E-state index in [-0.39, 0.29) is 46.6 Å². The molecule has 2 aromatic rings. The zero-order chi connectivity index (χ0) is 29.1. The van der Waals surface area contributed by atoms with Crippen LogP contribution in [-0.4, -0.2) is 68.0 Å². The molecule has 4 rings (SSSR count). The summed E-state index contributed by atoms with van der Waals surface area (Å²) in [5, 5.41) is 3.71. The molecule has 2 aliphatic rings. The quantitative estimate of drug-likeness (QED) is 0.267. The van der Waals surface area contributed by atoms with Gasteiger partial charge in [-0.25, -0.2) is 28.0 Å². The van der Waals surface area contributed by atoms with Crippen LogP contribution in [-0.2, 0) is 4.79 Å². The number of carbonyl (C=O) groups is 2. The number of hydrogen-bond acceptors (Lipinski definition) is 8. The van der Waals surface area contributed by atoms with Crippen LogP contribution in [0.25, 0.3) is 0 Å². The molecule has 40 heavy (non-hydrogen) atoms. The topological polar surface area (TPSA) is 122 Å². The van der Waals surface area contributed by atoms with Crippen LogP contribution in [0.5, 0.6) is 11.5 Å². The highest BCUT2D eigenvalue weighted by Crippen LogP contribution is 2.41. The van der Waals surface area contributed by atoms with E-state index in [0.29, 0.717) is 13.0 Å². The van der Waals surface area contributed by atoms with Crippen molar-refractivity contribution in [2.24, 2.45) is 0 Å². The molecule has 4 N–H and O–H groups in total. The first-order valence-electron chi connectivity index (χ1n) is 12.0. The number of anilines is 2. The molecule has 2 amide bonds. The minimum Gasteiger partial charge on any atom is -0.493 e. The average Bonchev–Trinajstić information content (AvgIpc) is 3.57. The molecule has 1 unspecified atom stereocenters. The number of nitrogen functional groups attached to an aromatic ring is 1. The summed E-state index contributed by atoms with van der Waals surface area (Å²) in [5.74, 6) is 1.34. The molecule has 1 saturated heterocycles. The number of benzene rings is 1. The summed E-state index contributed by atoms with van der Waals surface area (Å²) in [5.41, 5.74) is 8.97. The van der Waals surface area contributed by atoms with E-state index in [2.05, 4.69) is 34.1 Å². The second-order valence-electron chi connectivity index (χ2n) is 8.84. The van der Waals surface area contributed by atoms with Gasteiger partial charge in [0.05, 0.1) is 43.6 Å². The molecule has 0 spiro atoms. The second kappa shape index (κ2) is 11.7. The van der Waals surface area contributed by atoms with Crippen molar-refractivity contribution in [2.75, 3.05) is 44.6 Å². The normalized spacial score (nSPS) is 17.8. The molecule has 1 aromatic carbocycles. The number of aromatic nitrogens is 1. The molecular formula is C26H26F4N6O4. The van der Waals surface area contributed by atoms with Gasteiger partial charge in [-0.05, 0) is 12.5 Å². The fraction of sp³-hybridized carbons (Fsp3) is 0.346. The molecule has 0 radical (unpaired) electrons. The Hall–Kier alpha value is -4.51. The van der Waals surface area contributed by atoms with Crippen molar-refractivity contribution < 1.29 is 36.6 Å². The van der Waals surface area contributed by atoms with Crippen molar-refractivity contribution in [1.82, 2.24) is 20.6 Å². The minimum atomic E-state index is -2.79. The minimum absolute atomic E-state index is 0.0455. The van der Waals surface area contributed by atoms with Gasteiger partial charge in [0.15, 0.2) is 23.1 Å². The zero-order valence-electron chi connectivity index (χ0n) is 21.6. The molecule has 14 heteroatoms. The van der Waals surface area contributed by atoms with Crippen molar-refractivity contribution in [1.29, 1.82) is 0 Å². The fourth-order valence-corrected chi connectivity index (χ4v) is 4.59. The summed E-state index contributed by atoms with van der Waals surface area (Å²) in [7, 11) is 2.41. The van der Waals surface area contributed by atoms with E-state index < -0.39 is 48.2 Å². The van der Waals surface area contributed by atoms with Gasteiger partial charge in [0, 0.05) is 25.4 Å². The summed E-state index contributed by atoms with van der Waals surface area (Å²) < 4.78 is 65.4. The van der Waals surface area contributed by atoms with Crippen molar-refractivity contribution in [3.8, 4) is 23.3 Å². The molecule has 0 aliphatic carbocycles. The molecule has 1 aromatic heterocycles. The first-order chi connectivity index (χ1) is 19.1. The molecular weight excluding hydrogens is 536 g/mol. The number of rotatable bonds is 7. The first-order valence-corrected chi connectivity index (χ1v) is 12.0. The third-order valence-electron chi connectivity index (χ3n) is 6.51. The average molecular weight is 563 g/mol. The molecule has 3 heterocycles. The number of nitrogens with zero attached hydrogens (tertiary/aromatic N) is 3. The highest BCUT2D eigenvalue weighted by Gasteiger charge is 2.40. The Balaban J connectivity index is 1.80. The maximum absolute atomic E-state index is 14.9. The smallest absolute Gasteiger partial charge is 0.255 e. The number of likely N-dealkylation sites (tertiary alicyclic amines) is 1. The number of nitrogens with two attached hydrogens (primary N) is 1. The maximum Gasteiger partial charge on any atom is 0.255 e. The Morgan fingerprint density at radius 3 is 2.58 bits per heavy atom. The van der Waals surface area contributed by atoms with Crippen molar-refractivity contribution >= 4 is 23.3 Å². The van der Waals surface area contributed by atoms with Crippen LogP contribution >= 0.6 is 0 Å². The number of pyridine rings is 1. The van der Waals surface area contributed by atoms with Gasteiger partial charge in [-0.15, -0.1) is 0 Å². The third kappa shape index (κ3) is 5.32. The summed E-state index contributed by atoms with van der Waals surface area (Å²) in [6, 6.07) is -0.377. The molecule has 2 atom stereocenters. The second-order valence-corrected chi connectivity index (χ2v) is 8.84. The highest BCUT2D eigenvalue weighted by molar-refractivity contribution is 6.01. The number of fused-ring (bicyclic) bond motifs is 1. The number of hydrazine groups is 1. The summed E-state index contributed by atoms with van der Waals surface area (Å²) >= 11 is 0. The lowest BCUT2D eigenvalue weighted by Crippen LogP contribution is -2.45. The Labute approximate surface area is 227 Å². The van der Waals surface area contributed by atoms with Crippen LogP contribution < -0.4 is 31.0 Å². The molecule has 0 saturated carbocycles. The standard InChI is InChI=1S/C26H26F4N6O4/c1-4-20(37)35-8-7-13(12-35)36-24-15(26(38)33-11-19(27)28)10-32-25(31)21(24)16(34-36)6-5-14-22(29)17(39-2)9-18(40-3)23(14)30/h4,9-10,13,16,19,34H,1,7-8,11-12H2,2-3H3,(H2,31,32)(H,33,38)/t13?,16-/m0/s1. The number of methoxy groups -OCH3 is 2. The van der Waals surface area contributed by atoms with Crippen LogP contribution in [0.4, 0.5) is 29.1 Å². The Bertz CT molecular complexity index is 1380. The lowest BCUT2D eigenvalue weighted by Gasteiger charge is -2.28. The number of nitrogens with one attached hydrogen (secondary N) is 2. The number of halogens is 4. The number of hydrogen-bond donors (Lipinski definition) is 3. The van der Waals surface area contributed by atoms with Gasteiger partial charge in [0.2, 0.25) is 5.91 Å². The predicted molar refractivity (Wildman–Crippen MR) is 137 cm³/mol. The largest absolute Gasteiger partial charge is 0.493 e. The summed E-state index contributed by atoms with van der Waals surface area (Å²) in [6.07, 6.45) is -0.000957. The summed E-state index contributed by atoms with van der Waals surface area (Å²) in [6.45, 7) is 3.21. The van der Waals surface area contributed by atoms with Gasteiger partial charge < -0.3 is 30.4 Å². The van der Waals surface area contributed by atoms with Gasteiger partial charge in [0.25, 0.3) is 12.3 Å². The number of ether oxygens (including phenoxy) is 2. The Kier molecular flexibility index (Phi) is 8.34. The van der Waals surface area contributed by atoms with Gasteiger partial charge in [0.1, 0.15) is 17.4 Å². The number of carbonyl (C=O) groups excluding carboxylic acids is 2.